The van der Waals surface area contributed by atoms with Gasteiger partial charge in [0.15, 0.2) is 0 Å². The van der Waals surface area contributed by atoms with Crippen LogP contribution in [0.3, 0.4) is 0 Å². The summed E-state index contributed by atoms with van der Waals surface area (Å²) in [6, 6.07) is 16.3. The Morgan fingerprint density at radius 3 is 2.06 bits per heavy atom. The lowest BCUT2D eigenvalue weighted by Crippen LogP contribution is -2.29. The summed E-state index contributed by atoms with van der Waals surface area (Å²) < 4.78 is 5.70. The SMILES string of the molecule is CCCCCCCC1(c2ccc(OC(=O)c3ccc(CCCCC)cc3)cc2)CCCCC1. The van der Waals surface area contributed by atoms with Crippen molar-refractivity contribution in [3.05, 3.63) is 65.2 Å². The molecule has 1 aliphatic carbocycles. The molecule has 3 rings (SSSR count). The molecule has 0 N–H and O–H groups in total. The molecule has 1 saturated carbocycles. The van der Waals surface area contributed by atoms with Crippen molar-refractivity contribution in [1.29, 1.82) is 0 Å². The van der Waals surface area contributed by atoms with Gasteiger partial charge in [-0.1, -0.05) is 102 Å². The molecule has 0 spiro atoms. The fourth-order valence-electron chi connectivity index (χ4n) is 5.41. The van der Waals surface area contributed by atoms with Gasteiger partial charge in [-0.05, 0) is 72.9 Å². The van der Waals surface area contributed by atoms with Crippen molar-refractivity contribution in [2.45, 2.75) is 116 Å². The van der Waals surface area contributed by atoms with Gasteiger partial charge in [-0.25, -0.2) is 4.79 Å². The summed E-state index contributed by atoms with van der Waals surface area (Å²) in [6.45, 7) is 4.50. The second-order valence-electron chi connectivity index (χ2n) is 10.1. The zero-order valence-corrected chi connectivity index (χ0v) is 21.0. The van der Waals surface area contributed by atoms with E-state index in [1.54, 1.807) is 0 Å². The fourth-order valence-corrected chi connectivity index (χ4v) is 5.41. The molecule has 180 valence electrons. The molecule has 0 unspecified atom stereocenters. The van der Waals surface area contributed by atoms with Crippen LogP contribution in [0.5, 0.6) is 5.75 Å². The molecule has 0 aliphatic heterocycles. The summed E-state index contributed by atoms with van der Waals surface area (Å²) in [6.07, 6.45) is 19.4. The molecule has 0 amide bonds. The summed E-state index contributed by atoms with van der Waals surface area (Å²) >= 11 is 0. The highest BCUT2D eigenvalue weighted by Crippen LogP contribution is 2.43. The highest BCUT2D eigenvalue weighted by Gasteiger charge is 2.33. The van der Waals surface area contributed by atoms with Gasteiger partial charge in [-0.3, -0.25) is 0 Å². The smallest absolute Gasteiger partial charge is 0.343 e. The van der Waals surface area contributed by atoms with Crippen molar-refractivity contribution >= 4 is 5.97 Å². The quantitative estimate of drug-likeness (QED) is 0.173. The molecule has 1 aliphatic rings. The molecule has 0 aromatic heterocycles. The first-order valence-electron chi connectivity index (χ1n) is 13.6. The average Bonchev–Trinajstić information content (AvgIpc) is 2.85. The zero-order valence-electron chi connectivity index (χ0n) is 21.0. The summed E-state index contributed by atoms with van der Waals surface area (Å²) in [5, 5.41) is 0. The molecule has 33 heavy (non-hydrogen) atoms. The maximum absolute atomic E-state index is 12.6. The second kappa shape index (κ2) is 13.6. The van der Waals surface area contributed by atoms with Gasteiger partial charge in [-0.2, -0.15) is 0 Å². The van der Waals surface area contributed by atoms with Crippen LogP contribution in [0, 0.1) is 0 Å². The Morgan fingerprint density at radius 1 is 0.758 bits per heavy atom. The number of aryl methyl sites for hydroxylation is 1. The molecule has 0 heterocycles. The first kappa shape index (κ1) is 25.5. The van der Waals surface area contributed by atoms with Gasteiger partial charge in [0.05, 0.1) is 5.56 Å². The van der Waals surface area contributed by atoms with E-state index in [4.69, 9.17) is 4.74 Å². The van der Waals surface area contributed by atoms with Crippen molar-refractivity contribution in [3.8, 4) is 5.75 Å². The van der Waals surface area contributed by atoms with Gasteiger partial charge in [-0.15, -0.1) is 0 Å². The third kappa shape index (κ3) is 7.73. The first-order valence-corrected chi connectivity index (χ1v) is 13.6. The topological polar surface area (TPSA) is 26.3 Å². The van der Waals surface area contributed by atoms with Gasteiger partial charge >= 0.3 is 5.97 Å². The van der Waals surface area contributed by atoms with Gasteiger partial charge < -0.3 is 4.74 Å². The summed E-state index contributed by atoms with van der Waals surface area (Å²) in [7, 11) is 0. The second-order valence-corrected chi connectivity index (χ2v) is 10.1. The molecule has 0 saturated heterocycles. The maximum Gasteiger partial charge on any atom is 0.343 e. The van der Waals surface area contributed by atoms with E-state index in [0.717, 1.165) is 6.42 Å². The van der Waals surface area contributed by atoms with E-state index in [9.17, 15) is 4.79 Å². The predicted octanol–water partition coefficient (Wildman–Crippen LogP) is 9.20. The standard InChI is InChI=1S/C31H44O2/c1-3-5-7-8-11-23-31(24-12-9-13-25-31)28-19-21-29(22-20-28)33-30(32)27-17-15-26(16-18-27)14-10-6-4-2/h15-22H,3-14,23-25H2,1-2H3. The third-order valence-corrected chi connectivity index (χ3v) is 7.51. The number of hydrogen-bond donors (Lipinski definition) is 0. The van der Waals surface area contributed by atoms with E-state index in [1.807, 2.05) is 24.3 Å². The minimum absolute atomic E-state index is 0.272. The third-order valence-electron chi connectivity index (χ3n) is 7.51. The van der Waals surface area contributed by atoms with Crippen LogP contribution in [-0.4, -0.2) is 5.97 Å². The van der Waals surface area contributed by atoms with E-state index in [0.29, 0.717) is 16.7 Å². The lowest BCUT2D eigenvalue weighted by molar-refractivity contribution is 0.0734. The lowest BCUT2D eigenvalue weighted by Gasteiger charge is -2.38. The number of carbonyl (C=O) groups is 1. The Labute approximate surface area is 202 Å². The lowest BCUT2D eigenvalue weighted by atomic mass is 9.66. The summed E-state index contributed by atoms with van der Waals surface area (Å²) in [5.74, 6) is 0.371. The fraction of sp³-hybridized carbons (Fsp3) is 0.581. The van der Waals surface area contributed by atoms with Crippen LogP contribution in [0.4, 0.5) is 0 Å². The number of ether oxygens (including phenoxy) is 1. The van der Waals surface area contributed by atoms with Crippen LogP contribution < -0.4 is 4.74 Å². The number of benzene rings is 2. The highest BCUT2D eigenvalue weighted by molar-refractivity contribution is 5.91. The minimum atomic E-state index is -0.272. The molecule has 2 nitrogen and oxygen atoms in total. The number of hydrogen-bond acceptors (Lipinski definition) is 2. The van der Waals surface area contributed by atoms with Gasteiger partial charge in [0, 0.05) is 0 Å². The summed E-state index contributed by atoms with van der Waals surface area (Å²) in [4.78, 5) is 12.6. The van der Waals surface area contributed by atoms with E-state index >= 15 is 0 Å². The van der Waals surface area contributed by atoms with Crippen LogP contribution >= 0.6 is 0 Å². The Morgan fingerprint density at radius 2 is 1.39 bits per heavy atom. The van der Waals surface area contributed by atoms with Crippen molar-refractivity contribution in [2.75, 3.05) is 0 Å². The molecule has 2 aromatic carbocycles. The number of carbonyl (C=O) groups excluding carboxylic acids is 1. The Kier molecular flexibility index (Phi) is 10.5. The van der Waals surface area contributed by atoms with Crippen LogP contribution in [0.2, 0.25) is 0 Å². The zero-order chi connectivity index (χ0) is 23.4. The monoisotopic (exact) mass is 448 g/mol. The number of unbranched alkanes of at least 4 members (excludes halogenated alkanes) is 6. The van der Waals surface area contributed by atoms with Gasteiger partial charge in [0.1, 0.15) is 5.75 Å². The Bertz CT molecular complexity index is 813. The van der Waals surface area contributed by atoms with E-state index in [-0.39, 0.29) is 5.97 Å². The van der Waals surface area contributed by atoms with Crippen molar-refractivity contribution in [1.82, 2.24) is 0 Å². The molecule has 0 radical (unpaired) electrons. The molecular weight excluding hydrogens is 404 g/mol. The van der Waals surface area contributed by atoms with Crippen LogP contribution in [-0.2, 0) is 11.8 Å². The van der Waals surface area contributed by atoms with Crippen molar-refractivity contribution in [3.63, 3.8) is 0 Å². The van der Waals surface area contributed by atoms with Crippen LogP contribution in [0.1, 0.15) is 125 Å². The van der Waals surface area contributed by atoms with E-state index in [1.165, 1.54) is 101 Å². The van der Waals surface area contributed by atoms with Crippen LogP contribution in [0.15, 0.2) is 48.5 Å². The first-order chi connectivity index (χ1) is 16.2. The van der Waals surface area contributed by atoms with Gasteiger partial charge in [0.25, 0.3) is 0 Å². The van der Waals surface area contributed by atoms with E-state index < -0.39 is 0 Å². The Hall–Kier alpha value is -2.09. The average molecular weight is 449 g/mol. The van der Waals surface area contributed by atoms with Crippen molar-refractivity contribution in [2.24, 2.45) is 0 Å². The molecular formula is C31H44O2. The molecule has 0 atom stereocenters. The largest absolute Gasteiger partial charge is 0.423 e. The van der Waals surface area contributed by atoms with E-state index in [2.05, 4.69) is 38.1 Å². The summed E-state index contributed by atoms with van der Waals surface area (Å²) in [5.41, 5.74) is 3.67. The van der Waals surface area contributed by atoms with Crippen molar-refractivity contribution < 1.29 is 9.53 Å². The number of esters is 1. The predicted molar refractivity (Wildman–Crippen MR) is 139 cm³/mol. The minimum Gasteiger partial charge on any atom is -0.423 e. The molecule has 0 bridgehead atoms. The molecule has 1 fully saturated rings. The Balaban J connectivity index is 1.59. The molecule has 2 aromatic rings. The highest BCUT2D eigenvalue weighted by atomic mass is 16.5. The number of rotatable bonds is 13. The van der Waals surface area contributed by atoms with Gasteiger partial charge in [0.2, 0.25) is 0 Å². The molecule has 2 heteroatoms. The maximum atomic E-state index is 12.6. The van der Waals surface area contributed by atoms with Crippen LogP contribution in [0.25, 0.3) is 0 Å². The normalized spacial score (nSPS) is 15.3.